The molecule has 1 heterocycles. The first kappa shape index (κ1) is 20.7. The maximum absolute atomic E-state index is 12.8. The number of amides is 1. The van der Waals surface area contributed by atoms with Gasteiger partial charge in [0.05, 0.1) is 20.6 Å². The van der Waals surface area contributed by atoms with E-state index in [1.54, 1.807) is 14.2 Å². The minimum atomic E-state index is 0.205. The quantitative estimate of drug-likeness (QED) is 0.672. The summed E-state index contributed by atoms with van der Waals surface area (Å²) in [5, 5.41) is 0. The van der Waals surface area contributed by atoms with Gasteiger partial charge in [-0.1, -0.05) is 24.3 Å². The summed E-state index contributed by atoms with van der Waals surface area (Å²) in [6.45, 7) is 3.68. The fourth-order valence-corrected chi connectivity index (χ4v) is 4.78. The molecule has 0 saturated carbocycles. The Kier molecular flexibility index (Phi) is 6.28. The smallest absolute Gasteiger partial charge is 0.227 e. The molecular formula is C25H32N2O3. The topological polar surface area (TPSA) is 42.0 Å². The molecule has 2 aromatic rings. The van der Waals surface area contributed by atoms with Crippen LogP contribution in [0.15, 0.2) is 36.4 Å². The Hall–Kier alpha value is -2.53. The number of hydrogen-bond acceptors (Lipinski definition) is 4. The van der Waals surface area contributed by atoms with Gasteiger partial charge in [-0.25, -0.2) is 0 Å². The van der Waals surface area contributed by atoms with Gasteiger partial charge in [0.15, 0.2) is 11.5 Å². The Balaban J connectivity index is 1.28. The van der Waals surface area contributed by atoms with Crippen LogP contribution in [0.2, 0.25) is 0 Å². The minimum absolute atomic E-state index is 0.205. The van der Waals surface area contributed by atoms with Gasteiger partial charge in [0.2, 0.25) is 5.91 Å². The number of carbonyl (C=O) groups is 1. The monoisotopic (exact) mass is 408 g/mol. The lowest BCUT2D eigenvalue weighted by atomic mass is 9.77. The number of likely N-dealkylation sites (N-methyl/N-ethyl adjacent to an activating group) is 1. The number of ether oxygens (including phenoxy) is 2. The molecule has 2 aliphatic rings. The molecule has 4 rings (SSSR count). The Bertz CT molecular complexity index is 911. The first-order valence-electron chi connectivity index (χ1n) is 10.9. The van der Waals surface area contributed by atoms with Crippen molar-refractivity contribution in [2.45, 2.75) is 31.6 Å². The molecule has 0 radical (unpaired) electrons. The molecule has 0 bridgehead atoms. The van der Waals surface area contributed by atoms with Gasteiger partial charge in [-0.2, -0.15) is 0 Å². The first-order valence-corrected chi connectivity index (χ1v) is 10.9. The molecule has 0 fully saturated rings. The Labute approximate surface area is 179 Å². The average Bonchev–Trinajstić information content (AvgIpc) is 2.89. The highest BCUT2D eigenvalue weighted by Gasteiger charge is 2.26. The van der Waals surface area contributed by atoms with Crippen LogP contribution in [-0.4, -0.2) is 63.2 Å². The molecule has 0 saturated heterocycles. The predicted molar refractivity (Wildman–Crippen MR) is 119 cm³/mol. The molecule has 2 aromatic carbocycles. The zero-order valence-electron chi connectivity index (χ0n) is 18.3. The molecule has 1 aliphatic heterocycles. The highest BCUT2D eigenvalue weighted by molar-refractivity contribution is 5.80. The van der Waals surface area contributed by atoms with Crippen LogP contribution in [0.3, 0.4) is 0 Å². The summed E-state index contributed by atoms with van der Waals surface area (Å²) in [5.41, 5.74) is 5.25. The summed E-state index contributed by atoms with van der Waals surface area (Å²) in [6.07, 6.45) is 3.48. The lowest BCUT2D eigenvalue weighted by Crippen LogP contribution is -2.36. The summed E-state index contributed by atoms with van der Waals surface area (Å²) in [5.74, 6) is 2.29. The molecule has 1 amide bonds. The third kappa shape index (κ3) is 4.31. The summed E-state index contributed by atoms with van der Waals surface area (Å²) < 4.78 is 10.8. The molecular weight excluding hydrogens is 376 g/mol. The number of carbonyl (C=O) groups excluding carboxylic acids is 1. The molecule has 5 heteroatoms. The predicted octanol–water partition coefficient (Wildman–Crippen LogP) is 3.29. The first-order chi connectivity index (χ1) is 14.6. The number of hydrogen-bond donors (Lipinski definition) is 0. The number of methoxy groups -OCH3 is 2. The van der Waals surface area contributed by atoms with E-state index in [0.717, 1.165) is 50.3 Å². The van der Waals surface area contributed by atoms with Crippen LogP contribution in [-0.2, 0) is 24.1 Å². The van der Waals surface area contributed by atoms with Crippen molar-refractivity contribution in [3.8, 4) is 11.5 Å². The molecule has 160 valence electrons. The largest absolute Gasteiger partial charge is 0.493 e. The fourth-order valence-electron chi connectivity index (χ4n) is 4.78. The molecule has 1 atom stereocenters. The van der Waals surface area contributed by atoms with Gasteiger partial charge in [0, 0.05) is 25.6 Å². The number of nitrogens with zero attached hydrogens (tertiary/aromatic N) is 2. The Morgan fingerprint density at radius 3 is 2.53 bits per heavy atom. The SMILES string of the molecule is COc1cc2c(cc1OC)CC(=O)N(CCCN(C)CC1Cc3ccccc31)CC2. The standard InChI is InChI=1S/C25H32N2O3/c1-26(17-21-13-19-7-4-5-8-22(19)21)10-6-11-27-12-9-18-14-23(29-2)24(30-3)15-20(18)16-25(27)28/h4-5,7-8,14-15,21H,6,9-13,16-17H2,1-3H3. The second kappa shape index (κ2) is 9.09. The minimum Gasteiger partial charge on any atom is -0.493 e. The lowest BCUT2D eigenvalue weighted by Gasteiger charge is -2.33. The van der Waals surface area contributed by atoms with E-state index in [-0.39, 0.29) is 5.91 Å². The van der Waals surface area contributed by atoms with Crippen LogP contribution < -0.4 is 9.47 Å². The summed E-state index contributed by atoms with van der Waals surface area (Å²) in [6, 6.07) is 12.7. The van der Waals surface area contributed by atoms with E-state index in [1.807, 2.05) is 17.0 Å². The van der Waals surface area contributed by atoms with Crippen LogP contribution in [0.25, 0.3) is 0 Å². The zero-order valence-corrected chi connectivity index (χ0v) is 18.3. The summed E-state index contributed by atoms with van der Waals surface area (Å²) in [7, 11) is 5.48. The highest BCUT2D eigenvalue weighted by atomic mass is 16.5. The third-order valence-electron chi connectivity index (χ3n) is 6.51. The number of rotatable bonds is 8. The highest BCUT2D eigenvalue weighted by Crippen LogP contribution is 2.35. The maximum Gasteiger partial charge on any atom is 0.227 e. The van der Waals surface area contributed by atoms with Crippen LogP contribution in [0.4, 0.5) is 0 Å². The van der Waals surface area contributed by atoms with Gasteiger partial charge in [0.1, 0.15) is 0 Å². The third-order valence-corrected chi connectivity index (χ3v) is 6.51. The van der Waals surface area contributed by atoms with Crippen molar-refractivity contribution in [3.63, 3.8) is 0 Å². The Morgan fingerprint density at radius 2 is 1.80 bits per heavy atom. The second-order valence-electron chi connectivity index (χ2n) is 8.50. The molecule has 0 aromatic heterocycles. The van der Waals surface area contributed by atoms with E-state index in [4.69, 9.17) is 9.47 Å². The number of benzene rings is 2. The van der Waals surface area contributed by atoms with E-state index >= 15 is 0 Å². The van der Waals surface area contributed by atoms with Crippen molar-refractivity contribution in [3.05, 3.63) is 58.7 Å². The van der Waals surface area contributed by atoms with E-state index in [1.165, 1.54) is 23.1 Å². The van der Waals surface area contributed by atoms with Crippen LogP contribution in [0.5, 0.6) is 11.5 Å². The summed E-state index contributed by atoms with van der Waals surface area (Å²) in [4.78, 5) is 17.2. The average molecular weight is 409 g/mol. The van der Waals surface area contributed by atoms with Crippen molar-refractivity contribution in [1.82, 2.24) is 9.80 Å². The van der Waals surface area contributed by atoms with Gasteiger partial charge in [-0.15, -0.1) is 0 Å². The van der Waals surface area contributed by atoms with Crippen molar-refractivity contribution in [1.29, 1.82) is 0 Å². The molecule has 1 aliphatic carbocycles. The van der Waals surface area contributed by atoms with Gasteiger partial charge in [-0.05, 0) is 67.2 Å². The van der Waals surface area contributed by atoms with Gasteiger partial charge < -0.3 is 19.3 Å². The number of fused-ring (bicyclic) bond motifs is 2. The van der Waals surface area contributed by atoms with E-state index < -0.39 is 0 Å². The Morgan fingerprint density at radius 1 is 1.07 bits per heavy atom. The van der Waals surface area contributed by atoms with Gasteiger partial charge >= 0.3 is 0 Å². The fraction of sp³-hybridized carbons (Fsp3) is 0.480. The molecule has 0 spiro atoms. The molecule has 1 unspecified atom stereocenters. The summed E-state index contributed by atoms with van der Waals surface area (Å²) >= 11 is 0. The van der Waals surface area contributed by atoms with Crippen LogP contribution in [0.1, 0.15) is 34.6 Å². The zero-order chi connectivity index (χ0) is 21.1. The van der Waals surface area contributed by atoms with Crippen molar-refractivity contribution in [2.75, 3.05) is 47.4 Å². The lowest BCUT2D eigenvalue weighted by molar-refractivity contribution is -0.130. The van der Waals surface area contributed by atoms with Crippen molar-refractivity contribution < 1.29 is 14.3 Å². The molecule has 5 nitrogen and oxygen atoms in total. The van der Waals surface area contributed by atoms with Crippen LogP contribution >= 0.6 is 0 Å². The van der Waals surface area contributed by atoms with E-state index in [9.17, 15) is 4.79 Å². The van der Waals surface area contributed by atoms with Gasteiger partial charge in [0.25, 0.3) is 0 Å². The maximum atomic E-state index is 12.8. The second-order valence-corrected chi connectivity index (χ2v) is 8.50. The van der Waals surface area contributed by atoms with Crippen LogP contribution in [0, 0.1) is 0 Å². The van der Waals surface area contributed by atoms with E-state index in [2.05, 4.69) is 36.2 Å². The van der Waals surface area contributed by atoms with Crippen molar-refractivity contribution in [2.24, 2.45) is 0 Å². The van der Waals surface area contributed by atoms with E-state index in [0.29, 0.717) is 18.1 Å². The van der Waals surface area contributed by atoms with Gasteiger partial charge in [-0.3, -0.25) is 4.79 Å². The normalized spacial score (nSPS) is 17.8. The molecule has 30 heavy (non-hydrogen) atoms. The van der Waals surface area contributed by atoms with Crippen molar-refractivity contribution >= 4 is 5.91 Å². The molecule has 0 N–H and O–H groups in total.